The molecule has 1 unspecified atom stereocenters. The Morgan fingerprint density at radius 3 is 2.68 bits per heavy atom. The monoisotopic (exact) mass is 261 g/mol. The summed E-state index contributed by atoms with van der Waals surface area (Å²) in [4.78, 5) is 2.25. The average molecular weight is 261 g/mol. The van der Waals surface area contributed by atoms with Crippen LogP contribution >= 0.6 is 0 Å². The first kappa shape index (κ1) is 14.1. The lowest BCUT2D eigenvalue weighted by Gasteiger charge is -2.25. The molecular weight excluding hydrogens is 238 g/mol. The van der Waals surface area contributed by atoms with Gasteiger partial charge in [0.15, 0.2) is 0 Å². The van der Waals surface area contributed by atoms with Crippen LogP contribution in [0.3, 0.4) is 0 Å². The molecule has 2 aromatic rings. The fourth-order valence-corrected chi connectivity index (χ4v) is 2.39. The fourth-order valence-electron chi connectivity index (χ4n) is 2.39. The van der Waals surface area contributed by atoms with Crippen molar-refractivity contribution >= 4 is 11.0 Å². The van der Waals surface area contributed by atoms with E-state index in [1.807, 2.05) is 24.5 Å². The minimum atomic E-state index is 0.244. The molecule has 3 heteroatoms. The molecule has 1 atom stereocenters. The standard InChI is InChI=1S/C16H23NO2/c1-12(2)13(10-18)8-17(3)9-14-11-19-16-7-5-4-6-15(14)16/h4-7,11-13,18H,8-10H2,1-3H3. The summed E-state index contributed by atoms with van der Waals surface area (Å²) < 4.78 is 5.55. The minimum absolute atomic E-state index is 0.244. The van der Waals surface area contributed by atoms with Gasteiger partial charge in [-0.15, -0.1) is 0 Å². The van der Waals surface area contributed by atoms with Gasteiger partial charge in [0.1, 0.15) is 5.58 Å². The van der Waals surface area contributed by atoms with Crippen molar-refractivity contribution in [2.45, 2.75) is 20.4 Å². The highest BCUT2D eigenvalue weighted by Gasteiger charge is 2.16. The van der Waals surface area contributed by atoms with E-state index in [1.54, 1.807) is 0 Å². The molecule has 0 fully saturated rings. The van der Waals surface area contributed by atoms with Crippen molar-refractivity contribution in [2.24, 2.45) is 11.8 Å². The van der Waals surface area contributed by atoms with Gasteiger partial charge in [-0.25, -0.2) is 0 Å². The summed E-state index contributed by atoms with van der Waals surface area (Å²) in [5.74, 6) is 0.816. The van der Waals surface area contributed by atoms with Crippen LogP contribution in [0.2, 0.25) is 0 Å². The second-order valence-electron chi connectivity index (χ2n) is 5.64. The van der Waals surface area contributed by atoms with Crippen molar-refractivity contribution in [3.05, 3.63) is 36.1 Å². The van der Waals surface area contributed by atoms with E-state index in [9.17, 15) is 5.11 Å². The molecule has 19 heavy (non-hydrogen) atoms. The Hall–Kier alpha value is -1.32. The van der Waals surface area contributed by atoms with Crippen LogP contribution < -0.4 is 0 Å². The number of rotatable bonds is 6. The Bertz CT molecular complexity index is 518. The molecule has 1 heterocycles. The SMILES string of the molecule is CC(C)C(CO)CN(C)Cc1coc2ccccc12. The van der Waals surface area contributed by atoms with E-state index < -0.39 is 0 Å². The number of hydrogen-bond acceptors (Lipinski definition) is 3. The van der Waals surface area contributed by atoms with Gasteiger partial charge in [0.2, 0.25) is 0 Å². The molecule has 2 rings (SSSR count). The number of nitrogens with zero attached hydrogens (tertiary/aromatic N) is 1. The highest BCUT2D eigenvalue weighted by atomic mass is 16.3. The van der Waals surface area contributed by atoms with Crippen molar-refractivity contribution in [2.75, 3.05) is 20.2 Å². The molecule has 0 bridgehead atoms. The van der Waals surface area contributed by atoms with Gasteiger partial charge in [-0.2, -0.15) is 0 Å². The number of aliphatic hydroxyl groups is 1. The van der Waals surface area contributed by atoms with Gasteiger partial charge in [0.05, 0.1) is 6.26 Å². The lowest BCUT2D eigenvalue weighted by Crippen LogP contribution is -2.30. The summed E-state index contributed by atoms with van der Waals surface area (Å²) in [7, 11) is 2.09. The highest BCUT2D eigenvalue weighted by Crippen LogP contribution is 2.22. The maximum Gasteiger partial charge on any atom is 0.134 e. The number of furan rings is 1. The van der Waals surface area contributed by atoms with Crippen LogP contribution in [0.1, 0.15) is 19.4 Å². The Kier molecular flexibility index (Phi) is 4.61. The number of para-hydroxylation sites is 1. The molecular formula is C16H23NO2. The summed E-state index contributed by atoms with van der Waals surface area (Å²) >= 11 is 0. The van der Waals surface area contributed by atoms with E-state index in [4.69, 9.17) is 4.42 Å². The topological polar surface area (TPSA) is 36.6 Å². The molecule has 0 aliphatic heterocycles. The molecule has 0 amide bonds. The van der Waals surface area contributed by atoms with Gasteiger partial charge in [-0.1, -0.05) is 32.0 Å². The summed E-state index contributed by atoms with van der Waals surface area (Å²) in [5, 5.41) is 10.6. The molecule has 0 saturated carbocycles. The molecule has 3 nitrogen and oxygen atoms in total. The Morgan fingerprint density at radius 1 is 1.26 bits per heavy atom. The molecule has 1 aromatic heterocycles. The third-order valence-corrected chi connectivity index (χ3v) is 3.72. The summed E-state index contributed by atoms with van der Waals surface area (Å²) in [6.07, 6.45) is 1.84. The second-order valence-corrected chi connectivity index (χ2v) is 5.64. The maximum absolute atomic E-state index is 9.40. The molecule has 0 saturated heterocycles. The van der Waals surface area contributed by atoms with E-state index in [0.717, 1.165) is 18.7 Å². The molecule has 0 radical (unpaired) electrons. The van der Waals surface area contributed by atoms with Crippen LogP contribution in [0.5, 0.6) is 0 Å². The third kappa shape index (κ3) is 3.37. The van der Waals surface area contributed by atoms with Crippen molar-refractivity contribution in [3.8, 4) is 0 Å². The number of aliphatic hydroxyl groups excluding tert-OH is 1. The van der Waals surface area contributed by atoms with Gasteiger partial charge in [-0.3, -0.25) is 0 Å². The third-order valence-electron chi connectivity index (χ3n) is 3.72. The molecule has 0 spiro atoms. The van der Waals surface area contributed by atoms with E-state index >= 15 is 0 Å². The quantitative estimate of drug-likeness (QED) is 0.868. The number of hydrogen-bond donors (Lipinski definition) is 1. The largest absolute Gasteiger partial charge is 0.464 e. The van der Waals surface area contributed by atoms with Crippen molar-refractivity contribution in [1.29, 1.82) is 0 Å². The van der Waals surface area contributed by atoms with Gasteiger partial charge in [-0.05, 0) is 24.9 Å². The van der Waals surface area contributed by atoms with Crippen LogP contribution in [-0.2, 0) is 6.54 Å². The van der Waals surface area contributed by atoms with E-state index in [-0.39, 0.29) is 6.61 Å². The zero-order valence-electron chi connectivity index (χ0n) is 12.0. The van der Waals surface area contributed by atoms with Crippen LogP contribution in [0.25, 0.3) is 11.0 Å². The smallest absolute Gasteiger partial charge is 0.134 e. The molecule has 0 aliphatic rings. The molecule has 0 aliphatic carbocycles. The van der Waals surface area contributed by atoms with Gasteiger partial charge >= 0.3 is 0 Å². The molecule has 104 valence electrons. The number of fused-ring (bicyclic) bond motifs is 1. The molecule has 1 N–H and O–H groups in total. The molecule has 1 aromatic carbocycles. The van der Waals surface area contributed by atoms with Gasteiger partial charge in [0.25, 0.3) is 0 Å². The van der Waals surface area contributed by atoms with E-state index in [2.05, 4.69) is 31.9 Å². The first-order valence-electron chi connectivity index (χ1n) is 6.86. The lowest BCUT2D eigenvalue weighted by atomic mass is 9.96. The van der Waals surface area contributed by atoms with E-state index in [0.29, 0.717) is 11.8 Å². The van der Waals surface area contributed by atoms with Crippen molar-refractivity contribution in [3.63, 3.8) is 0 Å². The van der Waals surface area contributed by atoms with Crippen LogP contribution in [-0.4, -0.2) is 30.2 Å². The van der Waals surface area contributed by atoms with Crippen LogP contribution in [0.4, 0.5) is 0 Å². The van der Waals surface area contributed by atoms with Gasteiger partial charge in [0, 0.05) is 30.6 Å². The highest BCUT2D eigenvalue weighted by molar-refractivity contribution is 5.80. The summed E-state index contributed by atoms with van der Waals surface area (Å²) in [6.45, 7) is 6.30. The van der Waals surface area contributed by atoms with Crippen LogP contribution in [0.15, 0.2) is 34.9 Å². The van der Waals surface area contributed by atoms with E-state index in [1.165, 1.54) is 10.9 Å². The fraction of sp³-hybridized carbons (Fsp3) is 0.500. The zero-order chi connectivity index (χ0) is 13.8. The summed E-state index contributed by atoms with van der Waals surface area (Å²) in [5.41, 5.74) is 2.15. The Balaban J connectivity index is 2.04. The first-order valence-corrected chi connectivity index (χ1v) is 6.86. The van der Waals surface area contributed by atoms with Crippen molar-refractivity contribution < 1.29 is 9.52 Å². The van der Waals surface area contributed by atoms with Crippen molar-refractivity contribution in [1.82, 2.24) is 4.90 Å². The normalized spacial score (nSPS) is 13.6. The predicted octanol–water partition coefficient (Wildman–Crippen LogP) is 3.13. The Morgan fingerprint density at radius 2 is 2.00 bits per heavy atom. The Labute approximate surface area is 114 Å². The lowest BCUT2D eigenvalue weighted by molar-refractivity contribution is 0.143. The zero-order valence-corrected chi connectivity index (χ0v) is 12.0. The van der Waals surface area contributed by atoms with Gasteiger partial charge < -0.3 is 14.4 Å². The second kappa shape index (κ2) is 6.22. The average Bonchev–Trinajstić information content (AvgIpc) is 2.79. The summed E-state index contributed by atoms with van der Waals surface area (Å²) in [6, 6.07) is 8.10. The number of benzene rings is 1. The minimum Gasteiger partial charge on any atom is -0.464 e. The first-order chi connectivity index (χ1) is 9.11. The maximum atomic E-state index is 9.40. The predicted molar refractivity (Wildman–Crippen MR) is 78.0 cm³/mol. The van der Waals surface area contributed by atoms with Crippen LogP contribution in [0, 0.1) is 11.8 Å².